The van der Waals surface area contributed by atoms with Gasteiger partial charge in [-0.1, -0.05) is 0 Å². The van der Waals surface area contributed by atoms with Crippen LogP contribution in [0.1, 0.15) is 41.3 Å². The Morgan fingerprint density at radius 2 is 2.12 bits per heavy atom. The van der Waals surface area contributed by atoms with Crippen LogP contribution in [0.2, 0.25) is 0 Å². The Labute approximate surface area is 146 Å². The van der Waals surface area contributed by atoms with E-state index in [0.717, 1.165) is 43.7 Å². The topological polar surface area (TPSA) is 88.3 Å². The number of nitrogens with two attached hydrogens (primary N) is 1. The van der Waals surface area contributed by atoms with Gasteiger partial charge >= 0.3 is 0 Å². The largest absolute Gasteiger partial charge is 0.369 e. The molecule has 0 saturated carbocycles. The Morgan fingerprint density at radius 3 is 2.92 bits per heavy atom. The van der Waals surface area contributed by atoms with E-state index >= 15 is 0 Å². The minimum atomic E-state index is -0.330. The number of likely N-dealkylation sites (tertiary alicyclic amines) is 1. The molecule has 6 nitrogen and oxygen atoms in total. The fourth-order valence-corrected chi connectivity index (χ4v) is 4.74. The summed E-state index contributed by atoms with van der Waals surface area (Å²) in [5.74, 6) is -0.281. The molecule has 1 saturated heterocycles. The Morgan fingerprint density at radius 1 is 1.29 bits per heavy atom. The van der Waals surface area contributed by atoms with Gasteiger partial charge in [-0.3, -0.25) is 14.5 Å². The SMILES string of the molecule is NC(=O)CN1CCCC(C(=O)NCCc2nc3c(s2)CCCC3)C1. The van der Waals surface area contributed by atoms with Crippen molar-refractivity contribution in [3.63, 3.8) is 0 Å². The van der Waals surface area contributed by atoms with Crippen molar-refractivity contribution in [1.29, 1.82) is 0 Å². The molecule has 0 aromatic carbocycles. The van der Waals surface area contributed by atoms with Crippen LogP contribution in [-0.2, 0) is 28.9 Å². The quantitative estimate of drug-likeness (QED) is 0.797. The van der Waals surface area contributed by atoms with Crippen molar-refractivity contribution in [3.05, 3.63) is 15.6 Å². The third kappa shape index (κ3) is 4.54. The van der Waals surface area contributed by atoms with E-state index in [4.69, 9.17) is 10.7 Å². The zero-order valence-corrected chi connectivity index (χ0v) is 14.9. The molecule has 0 bridgehead atoms. The number of hydrogen-bond acceptors (Lipinski definition) is 5. The number of primary amides is 1. The number of hydrogen-bond donors (Lipinski definition) is 2. The molecule has 3 rings (SSSR count). The lowest BCUT2D eigenvalue weighted by atomic mass is 9.97. The smallest absolute Gasteiger partial charge is 0.231 e. The average molecular weight is 350 g/mol. The van der Waals surface area contributed by atoms with Gasteiger partial charge in [-0.15, -0.1) is 11.3 Å². The van der Waals surface area contributed by atoms with Crippen molar-refractivity contribution in [2.75, 3.05) is 26.2 Å². The molecule has 2 heterocycles. The number of piperidine rings is 1. The fourth-order valence-electron chi connectivity index (χ4n) is 3.58. The molecule has 3 N–H and O–H groups in total. The molecular weight excluding hydrogens is 324 g/mol. The zero-order valence-electron chi connectivity index (χ0n) is 14.1. The number of thiazole rings is 1. The second kappa shape index (κ2) is 8.07. The number of aryl methyl sites for hydroxylation is 2. The van der Waals surface area contributed by atoms with Crippen molar-refractivity contribution in [1.82, 2.24) is 15.2 Å². The minimum Gasteiger partial charge on any atom is -0.369 e. The van der Waals surface area contributed by atoms with E-state index in [1.54, 1.807) is 0 Å². The van der Waals surface area contributed by atoms with Crippen LogP contribution in [0.4, 0.5) is 0 Å². The maximum absolute atomic E-state index is 12.3. The van der Waals surface area contributed by atoms with Crippen LogP contribution < -0.4 is 11.1 Å². The molecule has 2 amide bonds. The number of rotatable bonds is 6. The van der Waals surface area contributed by atoms with E-state index in [9.17, 15) is 9.59 Å². The van der Waals surface area contributed by atoms with Crippen LogP contribution in [0.3, 0.4) is 0 Å². The molecule has 1 unspecified atom stereocenters. The second-order valence-corrected chi connectivity index (χ2v) is 7.93. The normalized spacial score (nSPS) is 21.2. The van der Waals surface area contributed by atoms with Crippen molar-refractivity contribution in [2.45, 2.75) is 44.9 Å². The van der Waals surface area contributed by atoms with Gasteiger partial charge in [0.2, 0.25) is 11.8 Å². The van der Waals surface area contributed by atoms with Gasteiger partial charge in [0, 0.05) is 24.4 Å². The summed E-state index contributed by atoms with van der Waals surface area (Å²) in [4.78, 5) is 31.5. The lowest BCUT2D eigenvalue weighted by Gasteiger charge is -2.30. The van der Waals surface area contributed by atoms with E-state index in [-0.39, 0.29) is 24.3 Å². The predicted molar refractivity (Wildman–Crippen MR) is 93.8 cm³/mol. The van der Waals surface area contributed by atoms with Gasteiger partial charge in [0.15, 0.2) is 0 Å². The first-order valence-electron chi connectivity index (χ1n) is 8.87. The van der Waals surface area contributed by atoms with Crippen LogP contribution in [-0.4, -0.2) is 47.9 Å². The number of carbonyl (C=O) groups is 2. The highest BCUT2D eigenvalue weighted by Gasteiger charge is 2.26. The standard InChI is InChI=1S/C17H26N4O2S/c18-15(22)11-21-9-3-4-12(10-21)17(23)19-8-7-16-20-13-5-1-2-6-14(13)24-16/h12H,1-11H2,(H2,18,22)(H,19,23). The van der Waals surface area contributed by atoms with Gasteiger partial charge in [0.05, 0.1) is 23.2 Å². The Bertz CT molecular complexity index is 578. The maximum Gasteiger partial charge on any atom is 0.231 e. The van der Waals surface area contributed by atoms with Crippen molar-refractivity contribution < 1.29 is 9.59 Å². The number of amides is 2. The number of nitrogens with zero attached hydrogens (tertiary/aromatic N) is 2. The van der Waals surface area contributed by atoms with Crippen LogP contribution in [0.15, 0.2) is 0 Å². The van der Waals surface area contributed by atoms with Crippen LogP contribution in [0.25, 0.3) is 0 Å². The first-order chi connectivity index (χ1) is 11.6. The van der Waals surface area contributed by atoms with Gasteiger partial charge in [0.1, 0.15) is 0 Å². The molecule has 2 aliphatic rings. The minimum absolute atomic E-state index is 0.0393. The summed E-state index contributed by atoms with van der Waals surface area (Å²) >= 11 is 1.81. The molecule has 1 fully saturated rings. The van der Waals surface area contributed by atoms with E-state index in [1.807, 2.05) is 16.2 Å². The first-order valence-corrected chi connectivity index (χ1v) is 9.69. The molecule has 132 valence electrons. The first kappa shape index (κ1) is 17.4. The number of carbonyl (C=O) groups excluding carboxylic acids is 2. The van der Waals surface area contributed by atoms with Crippen molar-refractivity contribution >= 4 is 23.2 Å². The van der Waals surface area contributed by atoms with Gasteiger partial charge < -0.3 is 11.1 Å². The van der Waals surface area contributed by atoms with Gasteiger partial charge in [-0.25, -0.2) is 4.98 Å². The third-order valence-electron chi connectivity index (χ3n) is 4.78. The summed E-state index contributed by atoms with van der Waals surface area (Å²) in [5.41, 5.74) is 6.52. The lowest BCUT2D eigenvalue weighted by molar-refractivity contribution is -0.128. The van der Waals surface area contributed by atoms with Crippen molar-refractivity contribution in [2.24, 2.45) is 11.7 Å². The molecule has 0 spiro atoms. The van der Waals surface area contributed by atoms with Crippen molar-refractivity contribution in [3.8, 4) is 0 Å². The van der Waals surface area contributed by atoms with Gasteiger partial charge in [-0.05, 0) is 45.1 Å². The lowest BCUT2D eigenvalue weighted by Crippen LogP contribution is -2.46. The number of nitrogens with one attached hydrogen (secondary N) is 1. The molecule has 24 heavy (non-hydrogen) atoms. The van der Waals surface area contributed by atoms with E-state index in [1.165, 1.54) is 23.4 Å². The third-order valence-corrected chi connectivity index (χ3v) is 6.00. The molecule has 0 radical (unpaired) electrons. The van der Waals surface area contributed by atoms with Gasteiger partial charge in [0.25, 0.3) is 0 Å². The summed E-state index contributed by atoms with van der Waals surface area (Å²) in [5, 5.41) is 4.18. The summed E-state index contributed by atoms with van der Waals surface area (Å²) in [6.45, 7) is 2.35. The summed E-state index contributed by atoms with van der Waals surface area (Å²) in [7, 11) is 0. The van der Waals surface area contributed by atoms with E-state index < -0.39 is 0 Å². The maximum atomic E-state index is 12.3. The Balaban J connectivity index is 1.43. The highest BCUT2D eigenvalue weighted by Crippen LogP contribution is 2.26. The molecular formula is C17H26N4O2S. The summed E-state index contributed by atoms with van der Waals surface area (Å²) in [6.07, 6.45) is 7.41. The zero-order chi connectivity index (χ0) is 16.9. The van der Waals surface area contributed by atoms with E-state index in [0.29, 0.717) is 13.1 Å². The summed E-state index contributed by atoms with van der Waals surface area (Å²) in [6, 6.07) is 0. The molecule has 1 aliphatic carbocycles. The van der Waals surface area contributed by atoms with E-state index in [2.05, 4.69) is 5.32 Å². The monoisotopic (exact) mass is 350 g/mol. The molecule has 7 heteroatoms. The fraction of sp³-hybridized carbons (Fsp3) is 0.706. The average Bonchev–Trinajstić information content (AvgIpc) is 2.97. The predicted octanol–water partition coefficient (Wildman–Crippen LogP) is 0.878. The van der Waals surface area contributed by atoms with Gasteiger partial charge in [-0.2, -0.15) is 0 Å². The highest BCUT2D eigenvalue weighted by molar-refractivity contribution is 7.11. The number of fused-ring (bicyclic) bond motifs is 1. The summed E-state index contributed by atoms with van der Waals surface area (Å²) < 4.78 is 0. The highest BCUT2D eigenvalue weighted by atomic mass is 32.1. The second-order valence-electron chi connectivity index (χ2n) is 6.77. The Hall–Kier alpha value is -1.47. The van der Waals surface area contributed by atoms with Crippen LogP contribution in [0, 0.1) is 5.92 Å². The molecule has 1 aromatic rings. The molecule has 1 aliphatic heterocycles. The Kier molecular flexibility index (Phi) is 5.84. The van der Waals surface area contributed by atoms with Crippen LogP contribution in [0.5, 0.6) is 0 Å². The molecule has 1 atom stereocenters. The number of aromatic nitrogens is 1. The molecule has 1 aromatic heterocycles. The van der Waals surface area contributed by atoms with Crippen LogP contribution >= 0.6 is 11.3 Å².